The molecule has 0 aliphatic heterocycles. The van der Waals surface area contributed by atoms with Crippen LogP contribution in [-0.2, 0) is 34.9 Å². The van der Waals surface area contributed by atoms with Crippen molar-refractivity contribution in [3.8, 4) is 0 Å². The molecule has 0 aromatic carbocycles. The largest absolute Gasteiger partial charge is 0.464 e. The molecule has 4 N–H and O–H groups in total. The molecule has 1 saturated carbocycles. The molecule has 0 bridgehead atoms. The number of nitrogen functional groups attached to an aromatic ring is 1. The Balaban J connectivity index is 1.69. The van der Waals surface area contributed by atoms with Crippen molar-refractivity contribution < 1.29 is 28.4 Å². The van der Waals surface area contributed by atoms with Crippen LogP contribution in [0.4, 0.5) is 5.82 Å². The predicted octanol–water partition coefficient (Wildman–Crippen LogP) is 2.75. The molecule has 1 fully saturated rings. The van der Waals surface area contributed by atoms with Crippen LogP contribution in [0.25, 0.3) is 11.2 Å². The first kappa shape index (κ1) is 29.9. The van der Waals surface area contributed by atoms with E-state index in [0.717, 1.165) is 32.1 Å². The maximum absolute atomic E-state index is 14.1. The standard InChI is InChI=1S/C24H40N7O6P/c1-6-7-11-35-23(33)24(4,5)30-38(34,29-17(3)22(32)37-18-9-8-10-18)15-36-16(2)12-31-14-28-19-20(25)26-13-27-21(19)31/h13-14,16-18H,6-12,15H2,1-5H3,(H2,25,26,27)(H2,29,30,34)/t16-,17-,38?/m1/s1. The van der Waals surface area contributed by atoms with Gasteiger partial charge < -0.3 is 24.5 Å². The molecule has 1 aliphatic carbocycles. The van der Waals surface area contributed by atoms with Crippen LogP contribution in [0.15, 0.2) is 12.7 Å². The fraction of sp³-hybridized carbons (Fsp3) is 0.708. The van der Waals surface area contributed by atoms with Gasteiger partial charge in [0.15, 0.2) is 11.5 Å². The molecule has 13 nitrogen and oxygen atoms in total. The van der Waals surface area contributed by atoms with Crippen LogP contribution in [0, 0.1) is 0 Å². The summed E-state index contributed by atoms with van der Waals surface area (Å²) in [6, 6.07) is -0.892. The van der Waals surface area contributed by atoms with Crippen LogP contribution in [0.5, 0.6) is 0 Å². The Hall–Kier alpha value is -2.60. The summed E-state index contributed by atoms with van der Waals surface area (Å²) in [6.07, 6.45) is 6.36. The van der Waals surface area contributed by atoms with Gasteiger partial charge in [0.05, 0.1) is 25.6 Å². The molecule has 2 aromatic rings. The van der Waals surface area contributed by atoms with Gasteiger partial charge in [-0.15, -0.1) is 0 Å². The molecule has 38 heavy (non-hydrogen) atoms. The third kappa shape index (κ3) is 7.95. The number of rotatable bonds is 15. The number of imidazole rings is 1. The predicted molar refractivity (Wildman–Crippen MR) is 142 cm³/mol. The molecule has 2 heterocycles. The molecule has 2 aromatic heterocycles. The fourth-order valence-corrected chi connectivity index (χ4v) is 6.20. The van der Waals surface area contributed by atoms with Gasteiger partial charge in [0.2, 0.25) is 7.44 Å². The van der Waals surface area contributed by atoms with E-state index in [1.54, 1.807) is 38.6 Å². The topological polar surface area (TPSA) is 173 Å². The Morgan fingerprint density at radius 3 is 2.66 bits per heavy atom. The Morgan fingerprint density at radius 1 is 1.26 bits per heavy atom. The van der Waals surface area contributed by atoms with E-state index in [4.69, 9.17) is 19.9 Å². The molecular formula is C24H40N7O6P. The van der Waals surface area contributed by atoms with E-state index in [9.17, 15) is 14.2 Å². The zero-order valence-corrected chi connectivity index (χ0v) is 23.7. The van der Waals surface area contributed by atoms with Crippen LogP contribution < -0.4 is 15.9 Å². The lowest BCUT2D eigenvalue weighted by Crippen LogP contribution is -2.50. The zero-order chi connectivity index (χ0) is 27.9. The van der Waals surface area contributed by atoms with E-state index in [2.05, 4.69) is 25.1 Å². The smallest absolute Gasteiger partial charge is 0.326 e. The number of hydrogen-bond acceptors (Lipinski definition) is 10. The second-order valence-electron chi connectivity index (χ2n) is 10.2. The van der Waals surface area contributed by atoms with Gasteiger partial charge in [-0.05, 0) is 53.4 Å². The Morgan fingerprint density at radius 2 is 2.00 bits per heavy atom. The van der Waals surface area contributed by atoms with Gasteiger partial charge in [0.1, 0.15) is 35.9 Å². The van der Waals surface area contributed by atoms with Crippen molar-refractivity contribution in [3.05, 3.63) is 12.7 Å². The van der Waals surface area contributed by atoms with E-state index in [-0.39, 0.29) is 24.9 Å². The monoisotopic (exact) mass is 553 g/mol. The summed E-state index contributed by atoms with van der Waals surface area (Å²) >= 11 is 0. The number of nitrogens with zero attached hydrogens (tertiary/aromatic N) is 4. The molecule has 0 amide bonds. The molecule has 212 valence electrons. The summed E-state index contributed by atoms with van der Waals surface area (Å²) in [5, 5.41) is 5.75. The first-order valence-electron chi connectivity index (χ1n) is 13.0. The summed E-state index contributed by atoms with van der Waals surface area (Å²) in [5.41, 5.74) is 5.59. The lowest BCUT2D eigenvalue weighted by atomic mass is 9.96. The number of carbonyl (C=O) groups is 2. The average Bonchev–Trinajstić information content (AvgIpc) is 3.23. The van der Waals surface area contributed by atoms with Gasteiger partial charge in [-0.25, -0.2) is 25.1 Å². The minimum Gasteiger partial charge on any atom is -0.464 e. The van der Waals surface area contributed by atoms with Crippen LogP contribution in [-0.4, -0.2) is 68.2 Å². The Labute approximate surface area is 223 Å². The molecule has 0 spiro atoms. The third-order valence-electron chi connectivity index (χ3n) is 6.22. The van der Waals surface area contributed by atoms with Gasteiger partial charge in [-0.1, -0.05) is 13.3 Å². The van der Waals surface area contributed by atoms with Gasteiger partial charge in [0, 0.05) is 0 Å². The van der Waals surface area contributed by atoms with Crippen molar-refractivity contribution in [1.29, 1.82) is 0 Å². The van der Waals surface area contributed by atoms with Crippen LogP contribution in [0.1, 0.15) is 66.7 Å². The first-order valence-corrected chi connectivity index (χ1v) is 14.9. The molecular weight excluding hydrogens is 513 g/mol. The van der Waals surface area contributed by atoms with Gasteiger partial charge in [-0.2, -0.15) is 0 Å². The number of hydrogen-bond donors (Lipinski definition) is 3. The highest BCUT2D eigenvalue weighted by atomic mass is 31.2. The highest BCUT2D eigenvalue weighted by molar-refractivity contribution is 7.59. The molecule has 0 radical (unpaired) electrons. The summed E-state index contributed by atoms with van der Waals surface area (Å²) in [6.45, 7) is 9.15. The van der Waals surface area contributed by atoms with E-state index < -0.39 is 37.1 Å². The normalized spacial score (nSPS) is 17.4. The molecule has 14 heteroatoms. The lowest BCUT2D eigenvalue weighted by Gasteiger charge is -2.33. The Bertz CT molecular complexity index is 1150. The van der Waals surface area contributed by atoms with Gasteiger partial charge in [-0.3, -0.25) is 14.2 Å². The second-order valence-corrected chi connectivity index (χ2v) is 12.5. The van der Waals surface area contributed by atoms with Crippen molar-refractivity contribution in [2.45, 2.75) is 97.1 Å². The van der Waals surface area contributed by atoms with Crippen molar-refractivity contribution in [2.75, 3.05) is 18.7 Å². The van der Waals surface area contributed by atoms with Crippen molar-refractivity contribution in [3.63, 3.8) is 0 Å². The highest BCUT2D eigenvalue weighted by Crippen LogP contribution is 2.40. The van der Waals surface area contributed by atoms with Crippen LogP contribution in [0.2, 0.25) is 0 Å². The maximum atomic E-state index is 14.1. The minimum atomic E-state index is -3.67. The number of unbranched alkanes of at least 4 members (excludes halogenated alkanes) is 1. The number of nitrogens with one attached hydrogen (secondary N) is 2. The van der Waals surface area contributed by atoms with Crippen LogP contribution in [0.3, 0.4) is 0 Å². The minimum absolute atomic E-state index is 0.108. The number of fused-ring (bicyclic) bond motifs is 1. The fourth-order valence-electron chi connectivity index (χ4n) is 3.80. The SMILES string of the molecule is CCCCOC(=O)C(C)(C)NP(=O)(CO[C@H](C)Cn1cnc2c(N)ncnc21)N[C@H](C)C(=O)OC1CCC1. The van der Waals surface area contributed by atoms with E-state index in [1.807, 2.05) is 6.92 Å². The van der Waals surface area contributed by atoms with Crippen molar-refractivity contribution in [1.82, 2.24) is 29.7 Å². The Kier molecular flexibility index (Phi) is 10.2. The molecule has 3 atom stereocenters. The summed E-state index contributed by atoms with van der Waals surface area (Å²) < 4.78 is 32.6. The molecule has 3 rings (SSSR count). The number of nitrogens with two attached hydrogens (primary N) is 1. The first-order chi connectivity index (χ1) is 17.9. The summed E-state index contributed by atoms with van der Waals surface area (Å²) in [4.78, 5) is 37.7. The quantitative estimate of drug-likeness (QED) is 0.167. The van der Waals surface area contributed by atoms with Crippen LogP contribution >= 0.6 is 7.44 Å². The van der Waals surface area contributed by atoms with E-state index in [0.29, 0.717) is 17.7 Å². The van der Waals surface area contributed by atoms with Crippen molar-refractivity contribution >= 4 is 36.4 Å². The number of anilines is 1. The molecule has 0 saturated heterocycles. The van der Waals surface area contributed by atoms with E-state index >= 15 is 0 Å². The number of aromatic nitrogens is 4. The summed E-state index contributed by atoms with van der Waals surface area (Å²) in [5.74, 6) is -0.779. The third-order valence-corrected chi connectivity index (χ3v) is 8.45. The number of ether oxygens (including phenoxy) is 3. The molecule has 1 unspecified atom stereocenters. The summed E-state index contributed by atoms with van der Waals surface area (Å²) in [7, 11) is -3.67. The average molecular weight is 554 g/mol. The number of carbonyl (C=O) groups excluding carboxylic acids is 2. The maximum Gasteiger partial charge on any atom is 0.326 e. The highest BCUT2D eigenvalue weighted by Gasteiger charge is 2.39. The molecule has 1 aliphatic rings. The van der Waals surface area contributed by atoms with Crippen molar-refractivity contribution in [2.24, 2.45) is 0 Å². The van der Waals surface area contributed by atoms with Gasteiger partial charge >= 0.3 is 11.9 Å². The second kappa shape index (κ2) is 13.0. The van der Waals surface area contributed by atoms with E-state index in [1.165, 1.54) is 6.33 Å². The zero-order valence-electron chi connectivity index (χ0n) is 22.8. The lowest BCUT2D eigenvalue weighted by molar-refractivity contribution is -0.154. The number of esters is 2. The van der Waals surface area contributed by atoms with Gasteiger partial charge in [0.25, 0.3) is 0 Å².